The molecule has 212 valence electrons. The highest BCUT2D eigenvalue weighted by atomic mass is 32.1. The maximum absolute atomic E-state index is 14.4. The summed E-state index contributed by atoms with van der Waals surface area (Å²) >= 11 is 1.25. The number of hydrogen-bond acceptors (Lipinski definition) is 7. The van der Waals surface area contributed by atoms with Gasteiger partial charge in [-0.15, -0.1) is 0 Å². The molecule has 12 heteroatoms. The average Bonchev–Trinajstić information content (AvgIpc) is 3.70. The van der Waals surface area contributed by atoms with E-state index in [2.05, 4.69) is 5.10 Å². The van der Waals surface area contributed by atoms with Gasteiger partial charge in [-0.05, 0) is 57.9 Å². The number of halogens is 1. The summed E-state index contributed by atoms with van der Waals surface area (Å²) in [4.78, 5) is 43.0. The third-order valence-corrected chi connectivity index (χ3v) is 8.36. The summed E-state index contributed by atoms with van der Waals surface area (Å²) in [6.07, 6.45) is 4.12. The van der Waals surface area contributed by atoms with Gasteiger partial charge in [0, 0.05) is 36.6 Å². The zero-order valence-electron chi connectivity index (χ0n) is 22.9. The van der Waals surface area contributed by atoms with Gasteiger partial charge >= 0.3 is 5.69 Å². The Morgan fingerprint density at radius 1 is 1.18 bits per heavy atom. The van der Waals surface area contributed by atoms with Crippen LogP contribution in [0.15, 0.2) is 46.2 Å². The number of nitrogens with zero attached hydrogens (tertiary/aromatic N) is 5. The molecule has 1 unspecified atom stereocenters. The first-order valence-electron chi connectivity index (χ1n) is 13.2. The van der Waals surface area contributed by atoms with E-state index in [1.165, 1.54) is 41.2 Å². The van der Waals surface area contributed by atoms with Crippen LogP contribution in [0.1, 0.15) is 43.9 Å². The maximum atomic E-state index is 14.4. The Kier molecular flexibility index (Phi) is 7.90. The SMILES string of the molecule is COc1ccc(F)cc1C(Cn1c(=O)n(CC(=O)N2CCCC2)c(=O)c2c(C)c(-n3cccn3)sc21)OC(C)C. The Hall–Kier alpha value is -3.77. The number of rotatable bonds is 9. The molecule has 1 aliphatic heterocycles. The maximum Gasteiger partial charge on any atom is 0.332 e. The standard InChI is InChI=1S/C28H32FN5O5S/c1-17(2)39-22(20-14-19(29)8-9-21(20)38-4)15-33-27-24(18(3)26(40-27)34-13-7-10-30-34)25(36)32(28(33)37)16-23(35)31-11-5-6-12-31/h7-10,13-14,17,22H,5-6,11-12,15-16H2,1-4H3. The van der Waals surface area contributed by atoms with E-state index in [0.29, 0.717) is 45.2 Å². The number of fused-ring (bicyclic) bond motifs is 1. The second kappa shape index (κ2) is 11.4. The Bertz CT molecular complexity index is 1650. The second-order valence-corrected chi connectivity index (χ2v) is 11.1. The molecular formula is C28H32FN5O5S. The van der Waals surface area contributed by atoms with E-state index in [1.54, 1.807) is 35.0 Å². The van der Waals surface area contributed by atoms with Crippen molar-refractivity contribution in [3.8, 4) is 10.8 Å². The van der Waals surface area contributed by atoms with Crippen LogP contribution in [0.3, 0.4) is 0 Å². The second-order valence-electron chi connectivity index (χ2n) is 10.1. The summed E-state index contributed by atoms with van der Waals surface area (Å²) in [5.74, 6) is -0.335. The number of aromatic nitrogens is 4. The lowest BCUT2D eigenvalue weighted by Crippen LogP contribution is -2.44. The first-order chi connectivity index (χ1) is 19.2. The highest BCUT2D eigenvalue weighted by Gasteiger charge is 2.28. The van der Waals surface area contributed by atoms with Gasteiger partial charge in [0.1, 0.15) is 34.0 Å². The molecular weight excluding hydrogens is 537 g/mol. The van der Waals surface area contributed by atoms with Crippen molar-refractivity contribution < 1.29 is 18.7 Å². The van der Waals surface area contributed by atoms with Crippen molar-refractivity contribution in [1.82, 2.24) is 23.8 Å². The summed E-state index contributed by atoms with van der Waals surface area (Å²) in [6.45, 7) is 6.30. The molecule has 40 heavy (non-hydrogen) atoms. The molecule has 1 fully saturated rings. The minimum atomic E-state index is -0.789. The van der Waals surface area contributed by atoms with Gasteiger partial charge in [-0.3, -0.25) is 18.7 Å². The van der Waals surface area contributed by atoms with E-state index in [4.69, 9.17) is 9.47 Å². The molecule has 1 aliphatic rings. The molecule has 10 nitrogen and oxygen atoms in total. The number of hydrogen-bond donors (Lipinski definition) is 0. The van der Waals surface area contributed by atoms with Crippen LogP contribution >= 0.6 is 11.3 Å². The third-order valence-electron chi connectivity index (χ3n) is 7.06. The Labute approximate surface area is 234 Å². The number of aryl methyl sites for hydroxylation is 1. The van der Waals surface area contributed by atoms with Crippen LogP contribution in [0, 0.1) is 12.7 Å². The van der Waals surface area contributed by atoms with Crippen molar-refractivity contribution in [1.29, 1.82) is 0 Å². The molecule has 4 aromatic rings. The molecule has 1 aromatic carbocycles. The number of benzene rings is 1. The fourth-order valence-corrected chi connectivity index (χ4v) is 6.40. The molecule has 0 saturated carbocycles. The van der Waals surface area contributed by atoms with Gasteiger partial charge in [0.05, 0.1) is 25.1 Å². The highest BCUT2D eigenvalue weighted by molar-refractivity contribution is 7.21. The number of methoxy groups -OCH3 is 1. The average molecular weight is 570 g/mol. The highest BCUT2D eigenvalue weighted by Crippen LogP contribution is 2.34. The summed E-state index contributed by atoms with van der Waals surface area (Å²) in [6, 6.07) is 5.91. The summed E-state index contributed by atoms with van der Waals surface area (Å²) in [5, 5.41) is 5.33. The summed E-state index contributed by atoms with van der Waals surface area (Å²) in [5.41, 5.74) is -0.0798. The predicted octanol–water partition coefficient (Wildman–Crippen LogP) is 3.66. The van der Waals surface area contributed by atoms with Crippen LogP contribution < -0.4 is 16.0 Å². The van der Waals surface area contributed by atoms with E-state index in [9.17, 15) is 18.8 Å². The van der Waals surface area contributed by atoms with Gasteiger partial charge < -0.3 is 14.4 Å². The summed E-state index contributed by atoms with van der Waals surface area (Å²) in [7, 11) is 1.48. The third kappa shape index (κ3) is 5.20. The quantitative estimate of drug-likeness (QED) is 0.305. The molecule has 0 spiro atoms. The molecule has 0 radical (unpaired) electrons. The van der Waals surface area contributed by atoms with Gasteiger partial charge in [-0.1, -0.05) is 11.3 Å². The van der Waals surface area contributed by atoms with Crippen LogP contribution in [-0.4, -0.2) is 56.0 Å². The minimum Gasteiger partial charge on any atom is -0.496 e. The number of thiophene rings is 1. The lowest BCUT2D eigenvalue weighted by Gasteiger charge is -2.24. The van der Waals surface area contributed by atoms with E-state index in [1.807, 2.05) is 13.8 Å². The minimum absolute atomic E-state index is 0.0377. The van der Waals surface area contributed by atoms with Crippen LogP contribution in [0.25, 0.3) is 15.2 Å². The Morgan fingerprint density at radius 3 is 2.58 bits per heavy atom. The van der Waals surface area contributed by atoms with E-state index >= 15 is 0 Å². The van der Waals surface area contributed by atoms with Gasteiger partial charge in [-0.2, -0.15) is 5.10 Å². The van der Waals surface area contributed by atoms with Gasteiger partial charge in [0.15, 0.2) is 0 Å². The van der Waals surface area contributed by atoms with Crippen LogP contribution in [0.5, 0.6) is 5.75 Å². The van der Waals surface area contributed by atoms with E-state index in [0.717, 1.165) is 17.4 Å². The Morgan fingerprint density at radius 2 is 1.93 bits per heavy atom. The predicted molar refractivity (Wildman–Crippen MR) is 150 cm³/mol. The number of carbonyl (C=O) groups is 1. The topological polar surface area (TPSA) is 101 Å². The van der Waals surface area contributed by atoms with Crippen LogP contribution in [0.4, 0.5) is 4.39 Å². The fraction of sp³-hybridized carbons (Fsp3) is 0.429. The monoisotopic (exact) mass is 569 g/mol. The fourth-order valence-electron chi connectivity index (χ4n) is 5.16. The number of likely N-dealkylation sites (tertiary alicyclic amines) is 1. The summed E-state index contributed by atoms with van der Waals surface area (Å²) < 4.78 is 30.2. The molecule has 0 aliphatic carbocycles. The van der Waals surface area contributed by atoms with Crippen molar-refractivity contribution in [2.24, 2.45) is 0 Å². The Balaban J connectivity index is 1.71. The number of amides is 1. The van der Waals surface area contributed by atoms with Crippen LogP contribution in [-0.2, 0) is 22.6 Å². The molecule has 4 heterocycles. The molecule has 1 saturated heterocycles. The number of carbonyl (C=O) groups excluding carboxylic acids is 1. The van der Waals surface area contributed by atoms with Crippen molar-refractivity contribution in [3.63, 3.8) is 0 Å². The molecule has 3 aromatic heterocycles. The zero-order chi connectivity index (χ0) is 28.6. The molecule has 5 rings (SSSR count). The molecule has 1 amide bonds. The van der Waals surface area contributed by atoms with E-state index in [-0.39, 0.29) is 25.1 Å². The molecule has 0 bridgehead atoms. The van der Waals surface area contributed by atoms with Crippen LogP contribution in [0.2, 0.25) is 0 Å². The zero-order valence-corrected chi connectivity index (χ0v) is 23.7. The van der Waals surface area contributed by atoms with Crippen molar-refractivity contribution in [2.75, 3.05) is 20.2 Å². The first-order valence-corrected chi connectivity index (χ1v) is 14.0. The number of ether oxygens (including phenoxy) is 2. The van der Waals surface area contributed by atoms with Gasteiger partial charge in [0.2, 0.25) is 5.91 Å². The van der Waals surface area contributed by atoms with Crippen molar-refractivity contribution >= 4 is 27.5 Å². The lowest BCUT2D eigenvalue weighted by molar-refractivity contribution is -0.130. The van der Waals surface area contributed by atoms with Gasteiger partial charge in [-0.25, -0.2) is 13.9 Å². The first kappa shape index (κ1) is 27.8. The molecule has 0 N–H and O–H groups in total. The normalized spacial score (nSPS) is 14.4. The van der Waals surface area contributed by atoms with Gasteiger partial charge in [0.25, 0.3) is 5.56 Å². The molecule has 1 atom stereocenters. The van der Waals surface area contributed by atoms with E-state index < -0.39 is 23.2 Å². The largest absolute Gasteiger partial charge is 0.496 e. The smallest absolute Gasteiger partial charge is 0.332 e. The van der Waals surface area contributed by atoms with Crippen molar-refractivity contribution in [2.45, 2.75) is 58.9 Å². The lowest BCUT2D eigenvalue weighted by atomic mass is 10.1. The van der Waals surface area contributed by atoms with Crippen molar-refractivity contribution in [3.05, 3.63) is 74.4 Å².